The van der Waals surface area contributed by atoms with Gasteiger partial charge in [-0.1, -0.05) is 6.07 Å². The molecule has 1 amide bonds. The number of hydrogen-bond donors (Lipinski definition) is 2. The highest BCUT2D eigenvalue weighted by atomic mass is 32.1. The van der Waals surface area contributed by atoms with Gasteiger partial charge in [-0.05, 0) is 35.7 Å². The molecular weight excluding hydrogens is 333 g/mol. The van der Waals surface area contributed by atoms with Gasteiger partial charge in [0.05, 0.1) is 6.54 Å². The second kappa shape index (κ2) is 6.63. The molecule has 0 aliphatic carbocycles. The Morgan fingerprint density at radius 2 is 1.96 bits per heavy atom. The first-order chi connectivity index (χ1) is 11.5. The van der Waals surface area contributed by atoms with Gasteiger partial charge in [-0.2, -0.15) is 0 Å². The standard InChI is InChI=1S/C16H12FN3O3S/c17-10-3-5-11(6-4-10)19-14(21)13-8-18-16(23)20(15(13)22)9-12-2-1-7-24-12/h1-8H,9H2,(H,18,23)(H,19,21). The third-order valence-electron chi connectivity index (χ3n) is 3.30. The molecule has 0 spiro atoms. The second-order valence-electron chi connectivity index (χ2n) is 4.94. The Bertz CT molecular complexity index is 975. The molecule has 3 aromatic rings. The number of hydrogen-bond acceptors (Lipinski definition) is 4. The molecule has 2 aromatic heterocycles. The van der Waals surface area contributed by atoms with Gasteiger partial charge in [0, 0.05) is 16.8 Å². The molecule has 0 saturated carbocycles. The summed E-state index contributed by atoms with van der Waals surface area (Å²) in [5.74, 6) is -1.11. The Hall–Kier alpha value is -3.00. The minimum Gasteiger partial charge on any atom is -0.322 e. The third kappa shape index (κ3) is 3.33. The number of thiophene rings is 1. The highest BCUT2D eigenvalue weighted by molar-refractivity contribution is 7.09. The third-order valence-corrected chi connectivity index (χ3v) is 4.16. The number of nitrogens with zero attached hydrogens (tertiary/aromatic N) is 1. The van der Waals surface area contributed by atoms with E-state index in [1.165, 1.54) is 35.6 Å². The van der Waals surface area contributed by atoms with Gasteiger partial charge in [0.1, 0.15) is 11.4 Å². The van der Waals surface area contributed by atoms with Crippen LogP contribution in [0.1, 0.15) is 15.2 Å². The summed E-state index contributed by atoms with van der Waals surface area (Å²) in [6, 6.07) is 8.74. The average Bonchev–Trinajstić information content (AvgIpc) is 3.06. The summed E-state index contributed by atoms with van der Waals surface area (Å²) in [5.41, 5.74) is -1.13. The molecular formula is C16H12FN3O3S. The van der Waals surface area contributed by atoms with Crippen LogP contribution in [0.2, 0.25) is 0 Å². The summed E-state index contributed by atoms with van der Waals surface area (Å²) in [6.07, 6.45) is 1.08. The number of H-pyrrole nitrogens is 1. The first-order valence-corrected chi connectivity index (χ1v) is 7.84. The minimum absolute atomic E-state index is 0.0868. The molecule has 0 aliphatic rings. The van der Waals surface area contributed by atoms with Gasteiger partial charge in [0.25, 0.3) is 11.5 Å². The monoisotopic (exact) mass is 345 g/mol. The summed E-state index contributed by atoms with van der Waals surface area (Å²) in [5, 5.41) is 4.33. The molecule has 0 fully saturated rings. The number of halogens is 1. The zero-order chi connectivity index (χ0) is 17.1. The molecule has 8 heteroatoms. The zero-order valence-corrected chi connectivity index (χ0v) is 13.1. The van der Waals surface area contributed by atoms with E-state index in [0.29, 0.717) is 5.69 Å². The van der Waals surface area contributed by atoms with Crippen molar-refractivity contribution in [2.75, 3.05) is 5.32 Å². The van der Waals surface area contributed by atoms with Gasteiger partial charge in [0.2, 0.25) is 0 Å². The van der Waals surface area contributed by atoms with Crippen LogP contribution in [0.3, 0.4) is 0 Å². The normalized spacial score (nSPS) is 10.5. The topological polar surface area (TPSA) is 84.0 Å². The second-order valence-corrected chi connectivity index (χ2v) is 5.97. The van der Waals surface area contributed by atoms with Crippen molar-refractivity contribution < 1.29 is 9.18 Å². The number of aromatic nitrogens is 2. The fourth-order valence-electron chi connectivity index (χ4n) is 2.11. The number of rotatable bonds is 4. The summed E-state index contributed by atoms with van der Waals surface area (Å²) >= 11 is 1.40. The first-order valence-electron chi connectivity index (χ1n) is 6.96. The van der Waals surface area contributed by atoms with Gasteiger partial charge >= 0.3 is 5.69 Å². The highest BCUT2D eigenvalue weighted by Gasteiger charge is 2.15. The molecule has 0 saturated heterocycles. The van der Waals surface area contributed by atoms with Crippen LogP contribution in [0.25, 0.3) is 0 Å². The molecule has 0 atom stereocenters. The van der Waals surface area contributed by atoms with Gasteiger partial charge in [-0.15, -0.1) is 11.3 Å². The molecule has 0 radical (unpaired) electrons. The highest BCUT2D eigenvalue weighted by Crippen LogP contribution is 2.10. The molecule has 0 aliphatic heterocycles. The smallest absolute Gasteiger partial charge is 0.322 e. The largest absolute Gasteiger partial charge is 0.328 e. The van der Waals surface area contributed by atoms with Crippen molar-refractivity contribution in [1.29, 1.82) is 0 Å². The average molecular weight is 345 g/mol. The van der Waals surface area contributed by atoms with Crippen molar-refractivity contribution in [3.8, 4) is 0 Å². The lowest BCUT2D eigenvalue weighted by atomic mass is 10.2. The Labute approximate surface area is 139 Å². The van der Waals surface area contributed by atoms with Crippen LogP contribution in [0.4, 0.5) is 10.1 Å². The predicted molar refractivity (Wildman–Crippen MR) is 89.1 cm³/mol. The lowest BCUT2D eigenvalue weighted by molar-refractivity contribution is 0.102. The van der Waals surface area contributed by atoms with Crippen LogP contribution in [-0.2, 0) is 6.54 Å². The van der Waals surface area contributed by atoms with E-state index in [1.807, 2.05) is 11.4 Å². The summed E-state index contributed by atoms with van der Waals surface area (Å²) in [6.45, 7) is 0.0868. The van der Waals surface area contributed by atoms with Crippen molar-refractivity contribution >= 4 is 22.9 Å². The Morgan fingerprint density at radius 1 is 1.21 bits per heavy atom. The van der Waals surface area contributed by atoms with Crippen LogP contribution >= 0.6 is 11.3 Å². The van der Waals surface area contributed by atoms with E-state index >= 15 is 0 Å². The fraction of sp³-hybridized carbons (Fsp3) is 0.0625. The van der Waals surface area contributed by atoms with Crippen molar-refractivity contribution in [1.82, 2.24) is 9.55 Å². The maximum atomic E-state index is 12.9. The quantitative estimate of drug-likeness (QED) is 0.759. The van der Waals surface area contributed by atoms with E-state index in [1.54, 1.807) is 6.07 Å². The van der Waals surface area contributed by atoms with Crippen molar-refractivity contribution in [3.63, 3.8) is 0 Å². The van der Waals surface area contributed by atoms with Crippen LogP contribution < -0.4 is 16.6 Å². The molecule has 2 N–H and O–H groups in total. The van der Waals surface area contributed by atoms with Gasteiger partial charge in [0.15, 0.2) is 0 Å². The molecule has 0 unspecified atom stereocenters. The van der Waals surface area contributed by atoms with Crippen molar-refractivity contribution in [2.24, 2.45) is 0 Å². The number of anilines is 1. The maximum Gasteiger partial charge on any atom is 0.328 e. The fourth-order valence-corrected chi connectivity index (χ4v) is 2.80. The van der Waals surface area contributed by atoms with E-state index in [4.69, 9.17) is 0 Å². The number of nitrogens with one attached hydrogen (secondary N) is 2. The number of amides is 1. The number of carbonyl (C=O) groups excluding carboxylic acids is 1. The molecule has 3 rings (SSSR count). The number of benzene rings is 1. The summed E-state index contributed by atoms with van der Waals surface area (Å²) in [7, 11) is 0. The Balaban J connectivity index is 1.90. The SMILES string of the molecule is O=C(Nc1ccc(F)cc1)c1c[nH]c(=O)n(Cc2cccs2)c1=O. The maximum absolute atomic E-state index is 12.9. The van der Waals surface area contributed by atoms with Crippen LogP contribution in [-0.4, -0.2) is 15.5 Å². The summed E-state index contributed by atoms with van der Waals surface area (Å²) in [4.78, 5) is 39.8. The molecule has 0 bridgehead atoms. The van der Waals surface area contributed by atoms with Gasteiger partial charge in [-0.25, -0.2) is 9.18 Å². The molecule has 2 heterocycles. The predicted octanol–water partition coefficient (Wildman–Crippen LogP) is 2.04. The van der Waals surface area contributed by atoms with E-state index in [2.05, 4.69) is 10.3 Å². The van der Waals surface area contributed by atoms with Crippen molar-refractivity contribution in [3.05, 3.63) is 85.1 Å². The van der Waals surface area contributed by atoms with Crippen LogP contribution in [0.5, 0.6) is 0 Å². The van der Waals surface area contributed by atoms with Crippen LogP contribution in [0.15, 0.2) is 57.6 Å². The number of carbonyl (C=O) groups is 1. The minimum atomic E-state index is -0.688. The first kappa shape index (κ1) is 15.9. The van der Waals surface area contributed by atoms with E-state index in [9.17, 15) is 18.8 Å². The summed E-state index contributed by atoms with van der Waals surface area (Å²) < 4.78 is 13.8. The molecule has 24 heavy (non-hydrogen) atoms. The number of aromatic amines is 1. The Kier molecular flexibility index (Phi) is 4.39. The lowest BCUT2D eigenvalue weighted by Gasteiger charge is -2.07. The molecule has 1 aromatic carbocycles. The molecule has 122 valence electrons. The van der Waals surface area contributed by atoms with E-state index in [0.717, 1.165) is 15.6 Å². The van der Waals surface area contributed by atoms with Crippen molar-refractivity contribution in [2.45, 2.75) is 6.54 Å². The zero-order valence-electron chi connectivity index (χ0n) is 12.3. The lowest BCUT2D eigenvalue weighted by Crippen LogP contribution is -2.39. The van der Waals surface area contributed by atoms with E-state index < -0.39 is 23.0 Å². The van der Waals surface area contributed by atoms with E-state index in [-0.39, 0.29) is 12.1 Å². The van der Waals surface area contributed by atoms with Gasteiger partial charge in [-0.3, -0.25) is 14.2 Å². The van der Waals surface area contributed by atoms with Gasteiger partial charge < -0.3 is 10.3 Å². The Morgan fingerprint density at radius 3 is 2.62 bits per heavy atom. The molecule has 6 nitrogen and oxygen atoms in total. The van der Waals surface area contributed by atoms with Crippen LogP contribution in [0, 0.1) is 5.82 Å².